The maximum Gasteiger partial charge on any atom is 1.00 e. The SMILES string of the molecule is CCCCCCCCCCCCOP(=O)([O-])OCCCCCC(C)C.[Na+]. The van der Waals surface area contributed by atoms with Gasteiger partial charge in [-0.3, -0.25) is 4.57 Å². The van der Waals surface area contributed by atoms with E-state index < -0.39 is 7.82 Å². The largest absolute Gasteiger partial charge is 1.00 e. The van der Waals surface area contributed by atoms with Crippen LogP contribution < -0.4 is 34.5 Å². The molecule has 26 heavy (non-hydrogen) atoms. The summed E-state index contributed by atoms with van der Waals surface area (Å²) in [5, 5.41) is 0. The van der Waals surface area contributed by atoms with Crippen LogP contribution in [-0.2, 0) is 13.6 Å². The van der Waals surface area contributed by atoms with E-state index in [1.807, 2.05) is 0 Å². The fraction of sp³-hybridized carbons (Fsp3) is 1.00. The van der Waals surface area contributed by atoms with Gasteiger partial charge in [-0.25, -0.2) is 0 Å². The molecule has 1 atom stereocenters. The van der Waals surface area contributed by atoms with Crippen molar-refractivity contribution in [3.8, 4) is 0 Å². The summed E-state index contributed by atoms with van der Waals surface area (Å²) in [6.45, 7) is 7.14. The Balaban J connectivity index is 0. The number of phosphoric ester groups is 1. The molecule has 0 saturated heterocycles. The Morgan fingerprint density at radius 3 is 1.54 bits per heavy atom. The third kappa shape index (κ3) is 23.1. The van der Waals surface area contributed by atoms with Crippen LogP contribution in [0.25, 0.3) is 0 Å². The van der Waals surface area contributed by atoms with E-state index >= 15 is 0 Å². The zero-order valence-electron chi connectivity index (χ0n) is 18.0. The second-order valence-electron chi connectivity index (χ2n) is 7.54. The Bertz CT molecular complexity index is 327. The van der Waals surface area contributed by atoms with E-state index in [1.165, 1.54) is 51.4 Å². The molecule has 0 heterocycles. The van der Waals surface area contributed by atoms with Crippen molar-refractivity contribution >= 4 is 7.82 Å². The molecule has 6 heteroatoms. The first-order valence-electron chi connectivity index (χ1n) is 10.6. The summed E-state index contributed by atoms with van der Waals surface area (Å²) in [5.74, 6) is 0.705. The van der Waals surface area contributed by atoms with Crippen LogP contribution in [0.2, 0.25) is 0 Å². The minimum absolute atomic E-state index is 0. The second-order valence-corrected chi connectivity index (χ2v) is 8.95. The number of unbranched alkanes of at least 4 members (excludes halogenated alkanes) is 11. The molecule has 0 aromatic carbocycles. The fourth-order valence-electron chi connectivity index (χ4n) is 2.81. The van der Waals surface area contributed by atoms with Gasteiger partial charge in [0.1, 0.15) is 0 Å². The summed E-state index contributed by atoms with van der Waals surface area (Å²) in [7, 11) is -4.09. The number of rotatable bonds is 19. The predicted molar refractivity (Wildman–Crippen MR) is 105 cm³/mol. The molecule has 0 saturated carbocycles. The molecule has 0 N–H and O–H groups in total. The Morgan fingerprint density at radius 1 is 0.731 bits per heavy atom. The Labute approximate surface area is 185 Å². The van der Waals surface area contributed by atoms with Crippen LogP contribution in [0.3, 0.4) is 0 Å². The summed E-state index contributed by atoms with van der Waals surface area (Å²) < 4.78 is 21.4. The first-order chi connectivity index (χ1) is 12.0. The molecular weight excluding hydrogens is 358 g/mol. The van der Waals surface area contributed by atoms with E-state index in [9.17, 15) is 9.46 Å². The van der Waals surface area contributed by atoms with E-state index in [2.05, 4.69) is 20.8 Å². The van der Waals surface area contributed by atoms with E-state index in [1.54, 1.807) is 0 Å². The van der Waals surface area contributed by atoms with Crippen molar-refractivity contribution in [3.05, 3.63) is 0 Å². The zero-order chi connectivity index (χ0) is 18.8. The average Bonchev–Trinajstić information content (AvgIpc) is 2.55. The average molecular weight is 401 g/mol. The quantitative estimate of drug-likeness (QED) is 0.189. The van der Waals surface area contributed by atoms with Crippen molar-refractivity contribution in [1.29, 1.82) is 0 Å². The Hall–Kier alpha value is 1.11. The molecule has 0 aromatic heterocycles. The van der Waals surface area contributed by atoms with Crippen LogP contribution in [0.1, 0.15) is 111 Å². The third-order valence-corrected chi connectivity index (χ3v) is 5.42. The molecule has 0 rings (SSSR count). The van der Waals surface area contributed by atoms with Crippen molar-refractivity contribution in [3.63, 3.8) is 0 Å². The van der Waals surface area contributed by atoms with Crippen LogP contribution in [0.5, 0.6) is 0 Å². The van der Waals surface area contributed by atoms with E-state index in [4.69, 9.17) is 9.05 Å². The Kier molecular flexibility index (Phi) is 23.5. The first-order valence-corrected chi connectivity index (χ1v) is 12.0. The van der Waals surface area contributed by atoms with Gasteiger partial charge in [-0.15, -0.1) is 0 Å². The molecule has 0 aliphatic rings. The zero-order valence-corrected chi connectivity index (χ0v) is 20.9. The van der Waals surface area contributed by atoms with Crippen molar-refractivity contribution in [2.75, 3.05) is 13.2 Å². The minimum Gasteiger partial charge on any atom is -0.756 e. The third-order valence-electron chi connectivity index (χ3n) is 4.42. The molecule has 0 radical (unpaired) electrons. The van der Waals surface area contributed by atoms with Gasteiger partial charge in [0, 0.05) is 0 Å². The molecule has 0 fully saturated rings. The van der Waals surface area contributed by atoms with Gasteiger partial charge in [-0.1, -0.05) is 97.8 Å². The van der Waals surface area contributed by atoms with Gasteiger partial charge in [0.05, 0.1) is 13.2 Å². The monoisotopic (exact) mass is 400 g/mol. The minimum atomic E-state index is -4.09. The predicted octanol–water partition coefficient (Wildman–Crippen LogP) is 3.63. The topological polar surface area (TPSA) is 58.6 Å². The van der Waals surface area contributed by atoms with Gasteiger partial charge in [0.25, 0.3) is 7.82 Å². The normalized spacial score (nSPS) is 13.6. The van der Waals surface area contributed by atoms with E-state index in [0.717, 1.165) is 38.5 Å². The Morgan fingerprint density at radius 2 is 1.12 bits per heavy atom. The van der Waals surface area contributed by atoms with Gasteiger partial charge in [-0.05, 0) is 18.8 Å². The fourth-order valence-corrected chi connectivity index (χ4v) is 3.59. The second kappa shape index (κ2) is 20.8. The summed E-state index contributed by atoms with van der Waals surface area (Å²) >= 11 is 0. The van der Waals surface area contributed by atoms with E-state index in [0.29, 0.717) is 5.92 Å². The maximum atomic E-state index is 11.6. The van der Waals surface area contributed by atoms with Crippen molar-refractivity contribution in [2.45, 2.75) is 111 Å². The van der Waals surface area contributed by atoms with E-state index in [-0.39, 0.29) is 42.8 Å². The first kappa shape index (κ1) is 29.3. The standard InChI is InChI=1S/C20H43O4P.Na/c1-4-5-6-7-8-9-10-11-12-15-18-23-25(21,22)24-19-16-13-14-17-20(2)3;/h20H,4-19H2,1-3H3,(H,21,22);/q;+1/p-1. The van der Waals surface area contributed by atoms with Crippen molar-refractivity contribution in [2.24, 2.45) is 5.92 Å². The van der Waals surface area contributed by atoms with Crippen LogP contribution in [0.4, 0.5) is 0 Å². The van der Waals surface area contributed by atoms with Gasteiger partial charge >= 0.3 is 29.6 Å². The van der Waals surface area contributed by atoms with Gasteiger partial charge in [-0.2, -0.15) is 0 Å². The number of hydrogen-bond donors (Lipinski definition) is 0. The van der Waals surface area contributed by atoms with Crippen molar-refractivity contribution < 1.29 is 48.1 Å². The molecule has 0 aliphatic heterocycles. The molecule has 0 amide bonds. The van der Waals surface area contributed by atoms with Crippen molar-refractivity contribution in [1.82, 2.24) is 0 Å². The smallest absolute Gasteiger partial charge is 0.756 e. The van der Waals surface area contributed by atoms with Crippen LogP contribution in [0, 0.1) is 5.92 Å². The summed E-state index contributed by atoms with van der Waals surface area (Å²) in [4.78, 5) is 11.6. The number of phosphoric acid groups is 1. The molecule has 152 valence electrons. The molecule has 0 bridgehead atoms. The molecule has 0 aromatic rings. The van der Waals surface area contributed by atoms with Crippen LogP contribution >= 0.6 is 7.82 Å². The molecule has 0 aliphatic carbocycles. The van der Waals surface area contributed by atoms with Crippen LogP contribution in [0.15, 0.2) is 0 Å². The summed E-state index contributed by atoms with van der Waals surface area (Å²) in [5.41, 5.74) is 0. The maximum absolute atomic E-state index is 11.6. The summed E-state index contributed by atoms with van der Waals surface area (Å²) in [6.07, 6.45) is 16.3. The molecular formula is C20H42NaO4P. The van der Waals surface area contributed by atoms with Gasteiger partial charge in [0.15, 0.2) is 0 Å². The van der Waals surface area contributed by atoms with Crippen LogP contribution in [-0.4, -0.2) is 13.2 Å². The molecule has 4 nitrogen and oxygen atoms in total. The summed E-state index contributed by atoms with van der Waals surface area (Å²) in [6, 6.07) is 0. The van der Waals surface area contributed by atoms with Gasteiger partial charge < -0.3 is 13.9 Å². The number of hydrogen-bond acceptors (Lipinski definition) is 4. The van der Waals surface area contributed by atoms with Gasteiger partial charge in [0.2, 0.25) is 0 Å². The molecule has 1 unspecified atom stereocenters. The molecule has 0 spiro atoms.